The lowest BCUT2D eigenvalue weighted by Gasteiger charge is -2.37. The van der Waals surface area contributed by atoms with Crippen molar-refractivity contribution < 1.29 is 14.0 Å². The third kappa shape index (κ3) is 4.87. The molecule has 2 fully saturated rings. The van der Waals surface area contributed by atoms with E-state index in [0.717, 1.165) is 31.2 Å². The number of piperidine rings is 1. The molecule has 1 saturated carbocycles. The van der Waals surface area contributed by atoms with Crippen molar-refractivity contribution in [2.24, 2.45) is 0 Å². The largest absolute Gasteiger partial charge is 0.399 e. The molecule has 4 rings (SSSR count). The summed E-state index contributed by atoms with van der Waals surface area (Å²) in [6.07, 6.45) is 4.77. The average molecular weight is 439 g/mol. The summed E-state index contributed by atoms with van der Waals surface area (Å²) in [5, 5.41) is 5.88. The van der Waals surface area contributed by atoms with Gasteiger partial charge in [0.1, 0.15) is 5.67 Å². The number of nitrogens with zero attached hydrogens (tertiary/aromatic N) is 1. The second-order valence-electron chi connectivity index (χ2n) is 8.99. The Hall–Kier alpha value is -3.09. The van der Waals surface area contributed by atoms with Crippen LogP contribution in [0.5, 0.6) is 0 Å². The van der Waals surface area contributed by atoms with Gasteiger partial charge in [0, 0.05) is 48.9 Å². The molecule has 32 heavy (non-hydrogen) atoms. The number of nitrogens with one attached hydrogen (secondary N) is 2. The molecule has 4 N–H and O–H groups in total. The zero-order valence-electron chi connectivity index (χ0n) is 18.5. The van der Waals surface area contributed by atoms with Crippen LogP contribution in [-0.4, -0.2) is 36.0 Å². The van der Waals surface area contributed by atoms with Gasteiger partial charge in [-0.05, 0) is 55.2 Å². The third-order valence-corrected chi connectivity index (χ3v) is 6.69. The first kappa shape index (κ1) is 22.1. The Morgan fingerprint density at radius 3 is 2.38 bits per heavy atom. The molecule has 1 aliphatic heterocycles. The number of benzene rings is 2. The van der Waals surface area contributed by atoms with E-state index in [0.29, 0.717) is 35.6 Å². The van der Waals surface area contributed by atoms with Crippen LogP contribution in [0.1, 0.15) is 60.0 Å². The molecule has 0 atom stereocenters. The van der Waals surface area contributed by atoms with E-state index in [2.05, 4.69) is 10.6 Å². The van der Waals surface area contributed by atoms with Gasteiger partial charge >= 0.3 is 6.03 Å². The second kappa shape index (κ2) is 9.18. The van der Waals surface area contributed by atoms with Crippen LogP contribution in [0.25, 0.3) is 0 Å². The summed E-state index contributed by atoms with van der Waals surface area (Å²) < 4.78 is 15.5. The summed E-state index contributed by atoms with van der Waals surface area (Å²) in [5.41, 5.74) is 7.46. The number of carbonyl (C=O) groups is 2. The summed E-state index contributed by atoms with van der Waals surface area (Å²) in [5.74, 6) is -0.149. The molecule has 0 radical (unpaired) electrons. The van der Waals surface area contributed by atoms with Gasteiger partial charge in [0.25, 0.3) is 5.91 Å². The maximum absolute atomic E-state index is 15.5. The van der Waals surface area contributed by atoms with Crippen molar-refractivity contribution in [2.75, 3.05) is 24.1 Å². The van der Waals surface area contributed by atoms with Crippen LogP contribution >= 0.6 is 0 Å². The number of aryl methyl sites for hydroxylation is 1. The molecule has 170 valence electrons. The van der Waals surface area contributed by atoms with E-state index in [1.54, 1.807) is 41.3 Å². The quantitative estimate of drug-likeness (QED) is 0.603. The van der Waals surface area contributed by atoms with Crippen molar-refractivity contribution in [3.63, 3.8) is 0 Å². The number of carbonyl (C=O) groups excluding carboxylic acids is 2. The average Bonchev–Trinajstić information content (AvgIpc) is 3.28. The van der Waals surface area contributed by atoms with Crippen molar-refractivity contribution in [2.45, 2.75) is 57.2 Å². The zero-order valence-corrected chi connectivity index (χ0v) is 18.5. The Labute approximate surface area is 188 Å². The maximum atomic E-state index is 15.5. The SMILES string of the molecule is Cc1ccc(C(=O)N2CCC(F)(c3ccc(N)cc3)CC2)cc1NC(=O)NC1CCCC1. The molecule has 2 aromatic carbocycles. The third-order valence-electron chi connectivity index (χ3n) is 6.69. The number of nitrogens with two attached hydrogens (primary N) is 1. The molecule has 0 spiro atoms. The topological polar surface area (TPSA) is 87.5 Å². The molecule has 1 heterocycles. The lowest BCUT2D eigenvalue weighted by atomic mass is 9.86. The van der Waals surface area contributed by atoms with Crippen molar-refractivity contribution in [3.8, 4) is 0 Å². The van der Waals surface area contributed by atoms with Gasteiger partial charge in [-0.15, -0.1) is 0 Å². The van der Waals surface area contributed by atoms with Gasteiger partial charge in [0.05, 0.1) is 0 Å². The number of likely N-dealkylation sites (tertiary alicyclic amines) is 1. The number of nitrogen functional groups attached to an aromatic ring is 1. The van der Waals surface area contributed by atoms with E-state index in [1.807, 2.05) is 13.0 Å². The van der Waals surface area contributed by atoms with Gasteiger partial charge in [-0.3, -0.25) is 4.79 Å². The van der Waals surface area contributed by atoms with Crippen LogP contribution < -0.4 is 16.4 Å². The smallest absolute Gasteiger partial charge is 0.319 e. The number of halogens is 1. The number of amides is 3. The van der Waals surface area contributed by atoms with Crippen molar-refractivity contribution >= 4 is 23.3 Å². The Morgan fingerprint density at radius 1 is 1.06 bits per heavy atom. The predicted molar refractivity (Wildman–Crippen MR) is 124 cm³/mol. The van der Waals surface area contributed by atoms with E-state index in [9.17, 15) is 9.59 Å². The van der Waals surface area contributed by atoms with Gasteiger partial charge in [-0.2, -0.15) is 0 Å². The van der Waals surface area contributed by atoms with E-state index in [4.69, 9.17) is 5.73 Å². The summed E-state index contributed by atoms with van der Waals surface area (Å²) in [6, 6.07) is 12.1. The lowest BCUT2D eigenvalue weighted by Crippen LogP contribution is -2.43. The number of alkyl halides is 1. The molecular formula is C25H31FN4O2. The summed E-state index contributed by atoms with van der Waals surface area (Å²) >= 11 is 0. The molecule has 0 aromatic heterocycles. The molecule has 0 bridgehead atoms. The summed E-state index contributed by atoms with van der Waals surface area (Å²) in [7, 11) is 0. The maximum Gasteiger partial charge on any atom is 0.319 e. The van der Waals surface area contributed by atoms with E-state index >= 15 is 4.39 Å². The minimum Gasteiger partial charge on any atom is -0.399 e. The van der Waals surface area contributed by atoms with Gasteiger partial charge in [0.15, 0.2) is 0 Å². The molecule has 2 aromatic rings. The molecule has 2 aliphatic rings. The molecule has 0 unspecified atom stereocenters. The van der Waals surface area contributed by atoms with Gasteiger partial charge in [0.2, 0.25) is 0 Å². The summed E-state index contributed by atoms with van der Waals surface area (Å²) in [4.78, 5) is 27.1. The van der Waals surface area contributed by atoms with E-state index in [1.165, 1.54) is 0 Å². The normalized spacial score (nSPS) is 18.4. The van der Waals surface area contributed by atoms with E-state index < -0.39 is 5.67 Å². The molecule has 1 aliphatic carbocycles. The monoisotopic (exact) mass is 438 g/mol. The van der Waals surface area contributed by atoms with Gasteiger partial charge < -0.3 is 21.3 Å². The van der Waals surface area contributed by atoms with Crippen molar-refractivity contribution in [1.82, 2.24) is 10.2 Å². The molecule has 6 nitrogen and oxygen atoms in total. The first-order valence-corrected chi connectivity index (χ1v) is 11.4. The van der Waals surface area contributed by atoms with Crippen LogP contribution in [0.2, 0.25) is 0 Å². The Balaban J connectivity index is 1.39. The van der Waals surface area contributed by atoms with Crippen molar-refractivity contribution in [3.05, 3.63) is 59.2 Å². The highest BCUT2D eigenvalue weighted by Crippen LogP contribution is 2.37. The van der Waals surface area contributed by atoms with Crippen molar-refractivity contribution in [1.29, 1.82) is 0 Å². The van der Waals surface area contributed by atoms with Crippen LogP contribution in [0.4, 0.5) is 20.6 Å². The zero-order chi connectivity index (χ0) is 22.7. The molecular weight excluding hydrogens is 407 g/mol. The minimum absolute atomic E-state index is 0.149. The fourth-order valence-electron chi connectivity index (χ4n) is 4.62. The molecule has 3 amide bonds. The number of urea groups is 1. The van der Waals surface area contributed by atoms with Crippen LogP contribution in [0, 0.1) is 6.92 Å². The summed E-state index contributed by atoms with van der Waals surface area (Å²) in [6.45, 7) is 2.56. The second-order valence-corrected chi connectivity index (χ2v) is 8.99. The van der Waals surface area contributed by atoms with Crippen LogP contribution in [-0.2, 0) is 5.67 Å². The number of hydrogen-bond donors (Lipinski definition) is 3. The molecule has 1 saturated heterocycles. The number of anilines is 2. The highest BCUT2D eigenvalue weighted by atomic mass is 19.1. The Bertz CT molecular complexity index is 978. The van der Waals surface area contributed by atoms with E-state index in [-0.39, 0.29) is 30.8 Å². The Morgan fingerprint density at radius 2 is 1.72 bits per heavy atom. The predicted octanol–water partition coefficient (Wildman–Crippen LogP) is 4.74. The first-order chi connectivity index (χ1) is 15.3. The molecule has 7 heteroatoms. The number of rotatable bonds is 4. The minimum atomic E-state index is -1.46. The van der Waals surface area contributed by atoms with Gasteiger partial charge in [-0.25, -0.2) is 9.18 Å². The standard InChI is InChI=1S/C25H31FN4O2/c1-17-6-7-18(16-22(17)29-24(32)28-21-4-2-3-5-21)23(31)30-14-12-25(26,13-15-30)19-8-10-20(27)11-9-19/h6-11,16,21H,2-5,12-15,27H2,1H3,(H2,28,29,32). The Kier molecular flexibility index (Phi) is 6.35. The highest BCUT2D eigenvalue weighted by Gasteiger charge is 2.37. The fraction of sp³-hybridized carbons (Fsp3) is 0.440. The fourth-order valence-corrected chi connectivity index (χ4v) is 4.62. The van der Waals surface area contributed by atoms with Crippen LogP contribution in [0.15, 0.2) is 42.5 Å². The van der Waals surface area contributed by atoms with Crippen LogP contribution in [0.3, 0.4) is 0 Å². The highest BCUT2D eigenvalue weighted by molar-refractivity contribution is 5.97. The lowest BCUT2D eigenvalue weighted by molar-refractivity contribution is 0.0421. The van der Waals surface area contributed by atoms with Gasteiger partial charge in [-0.1, -0.05) is 31.0 Å². The first-order valence-electron chi connectivity index (χ1n) is 11.4. The number of hydrogen-bond acceptors (Lipinski definition) is 3.